The molecule has 0 bridgehead atoms. The zero-order valence-electron chi connectivity index (χ0n) is 49.1. The molecule has 0 radical (unpaired) electrons. The Labute approximate surface area is 463 Å². The van der Waals surface area contributed by atoms with Gasteiger partial charge < -0.3 is 40.3 Å². The van der Waals surface area contributed by atoms with Gasteiger partial charge in [-0.1, -0.05) is 287 Å². The van der Waals surface area contributed by atoms with E-state index >= 15 is 0 Å². The van der Waals surface area contributed by atoms with Crippen molar-refractivity contribution in [3.05, 3.63) is 48.6 Å². The van der Waals surface area contributed by atoms with Crippen molar-refractivity contribution in [1.29, 1.82) is 0 Å². The minimum absolute atomic E-state index is 0.183. The van der Waals surface area contributed by atoms with Crippen LogP contribution in [0.15, 0.2) is 48.6 Å². The molecule has 0 aromatic heterocycles. The molecule has 1 heterocycles. The van der Waals surface area contributed by atoms with E-state index in [9.17, 15) is 30.3 Å². The Hall–Kier alpha value is -1.85. The first kappa shape index (κ1) is 71.2. The second kappa shape index (κ2) is 55.5. The van der Waals surface area contributed by atoms with Crippen LogP contribution in [-0.4, -0.2) is 87.5 Å². The number of ether oxygens (including phenoxy) is 2. The van der Waals surface area contributed by atoms with Gasteiger partial charge in [0, 0.05) is 6.42 Å². The fraction of sp³-hybridized carbons (Fsp3) is 0.864. The van der Waals surface area contributed by atoms with E-state index in [1.54, 1.807) is 6.08 Å². The Morgan fingerprint density at radius 3 is 1.20 bits per heavy atom. The summed E-state index contributed by atoms with van der Waals surface area (Å²) in [6.45, 7) is 3.80. The van der Waals surface area contributed by atoms with Gasteiger partial charge in [0.1, 0.15) is 24.4 Å². The monoisotopic (exact) mass is 1060 g/mol. The molecular formula is C66H123NO8. The molecule has 75 heavy (non-hydrogen) atoms. The maximum absolute atomic E-state index is 13.1. The lowest BCUT2D eigenvalue weighted by molar-refractivity contribution is -0.302. The quantitative estimate of drug-likeness (QED) is 0.0261. The summed E-state index contributed by atoms with van der Waals surface area (Å²) in [5.74, 6) is -0.183. The maximum Gasteiger partial charge on any atom is 0.220 e. The van der Waals surface area contributed by atoms with Gasteiger partial charge in [-0.15, -0.1) is 0 Å². The molecule has 0 aromatic rings. The summed E-state index contributed by atoms with van der Waals surface area (Å²) >= 11 is 0. The molecule has 9 heteroatoms. The Balaban J connectivity index is 2.17. The van der Waals surface area contributed by atoms with Crippen molar-refractivity contribution in [2.45, 2.75) is 352 Å². The fourth-order valence-corrected chi connectivity index (χ4v) is 10.3. The van der Waals surface area contributed by atoms with Crippen LogP contribution in [0.4, 0.5) is 0 Å². The van der Waals surface area contributed by atoms with Gasteiger partial charge in [-0.25, -0.2) is 0 Å². The van der Waals surface area contributed by atoms with Crippen LogP contribution in [-0.2, 0) is 14.3 Å². The van der Waals surface area contributed by atoms with Crippen LogP contribution in [0.3, 0.4) is 0 Å². The lowest BCUT2D eigenvalue weighted by atomic mass is 9.99. The molecule has 1 aliphatic rings. The normalized spacial score (nSPS) is 19.2. The Morgan fingerprint density at radius 2 is 0.800 bits per heavy atom. The molecule has 1 amide bonds. The summed E-state index contributed by atoms with van der Waals surface area (Å²) in [4.78, 5) is 13.1. The molecule has 1 rings (SSSR count). The highest BCUT2D eigenvalue weighted by Gasteiger charge is 2.44. The second-order valence-corrected chi connectivity index (χ2v) is 22.5. The molecular weight excluding hydrogens is 935 g/mol. The van der Waals surface area contributed by atoms with Crippen LogP contribution in [0.2, 0.25) is 0 Å². The number of unbranched alkanes of at least 4 members (excludes halogenated alkanes) is 40. The first-order chi connectivity index (χ1) is 36.8. The average molecular weight is 1060 g/mol. The third-order valence-electron chi connectivity index (χ3n) is 15.4. The topological polar surface area (TPSA) is 149 Å². The summed E-state index contributed by atoms with van der Waals surface area (Å²) in [7, 11) is 0. The number of carbonyl (C=O) groups is 1. The van der Waals surface area contributed by atoms with Gasteiger partial charge in [-0.05, 0) is 64.2 Å². The Bertz CT molecular complexity index is 1320. The lowest BCUT2D eigenvalue weighted by Crippen LogP contribution is -2.60. The second-order valence-electron chi connectivity index (χ2n) is 22.5. The van der Waals surface area contributed by atoms with Crippen molar-refractivity contribution in [2.24, 2.45) is 0 Å². The zero-order chi connectivity index (χ0) is 54.3. The highest BCUT2D eigenvalue weighted by Crippen LogP contribution is 2.23. The molecule has 0 spiro atoms. The predicted molar refractivity (Wildman–Crippen MR) is 318 cm³/mol. The molecule has 1 saturated heterocycles. The van der Waals surface area contributed by atoms with Gasteiger partial charge in [0.15, 0.2) is 6.29 Å². The standard InChI is InChI=1S/C66H123NO8/c1-3-5-7-9-11-13-15-17-19-21-23-25-26-27-28-29-30-31-32-33-34-36-38-40-42-44-46-48-50-52-54-56-62(70)67-59(58-74-66-65(73)64(72)63(71)61(57-68)75-66)60(69)55-53-51-49-47-45-43-41-39-37-35-24-22-20-18-16-14-12-10-8-6-4-2/h23,25,27-28,45,47,53,55,59-61,63-66,68-69,71-73H,3-22,24,26,29-44,46,48-52,54,56-58H2,1-2H3,(H,67,70)/b25-23-,28-27-,47-45+,55-53+. The third-order valence-corrected chi connectivity index (χ3v) is 15.4. The van der Waals surface area contributed by atoms with Crippen molar-refractivity contribution >= 4 is 5.91 Å². The molecule has 0 aliphatic carbocycles. The number of aliphatic hydroxyl groups excluding tert-OH is 5. The number of allylic oxidation sites excluding steroid dienone is 7. The maximum atomic E-state index is 13.1. The van der Waals surface area contributed by atoms with Crippen molar-refractivity contribution in [3.8, 4) is 0 Å². The molecule has 1 aliphatic heterocycles. The van der Waals surface area contributed by atoms with Crippen molar-refractivity contribution in [3.63, 3.8) is 0 Å². The molecule has 0 saturated carbocycles. The summed E-state index contributed by atoms with van der Waals surface area (Å²) in [6, 6.07) is -0.823. The first-order valence-electron chi connectivity index (χ1n) is 32.4. The number of hydrogen-bond donors (Lipinski definition) is 6. The summed E-state index contributed by atoms with van der Waals surface area (Å²) in [6.07, 6.45) is 67.7. The summed E-state index contributed by atoms with van der Waals surface area (Å²) in [5.41, 5.74) is 0. The van der Waals surface area contributed by atoms with Crippen LogP contribution in [0, 0.1) is 0 Å². The van der Waals surface area contributed by atoms with Crippen LogP contribution in [0.5, 0.6) is 0 Å². The van der Waals surface area contributed by atoms with Gasteiger partial charge >= 0.3 is 0 Å². The van der Waals surface area contributed by atoms with E-state index in [0.717, 1.165) is 44.9 Å². The van der Waals surface area contributed by atoms with Crippen molar-refractivity contribution in [1.82, 2.24) is 5.32 Å². The average Bonchev–Trinajstić information content (AvgIpc) is 3.41. The number of aliphatic hydroxyl groups is 5. The summed E-state index contributed by atoms with van der Waals surface area (Å²) in [5, 5.41) is 54.6. The van der Waals surface area contributed by atoms with Crippen molar-refractivity contribution in [2.75, 3.05) is 13.2 Å². The Kier molecular flexibility index (Phi) is 52.6. The summed E-state index contributed by atoms with van der Waals surface area (Å²) < 4.78 is 11.3. The molecule has 7 unspecified atom stereocenters. The van der Waals surface area contributed by atoms with E-state index in [1.807, 2.05) is 6.08 Å². The number of carbonyl (C=O) groups excluding carboxylic acids is 1. The number of hydrogen-bond acceptors (Lipinski definition) is 8. The number of rotatable bonds is 56. The van der Waals surface area contributed by atoms with E-state index in [0.29, 0.717) is 6.42 Å². The zero-order valence-corrected chi connectivity index (χ0v) is 49.1. The lowest BCUT2D eigenvalue weighted by Gasteiger charge is -2.40. The van der Waals surface area contributed by atoms with Gasteiger partial charge in [0.2, 0.25) is 5.91 Å². The van der Waals surface area contributed by atoms with E-state index in [-0.39, 0.29) is 12.5 Å². The fourth-order valence-electron chi connectivity index (χ4n) is 10.3. The van der Waals surface area contributed by atoms with E-state index in [2.05, 4.69) is 55.6 Å². The third kappa shape index (κ3) is 44.7. The van der Waals surface area contributed by atoms with Crippen LogP contribution in [0.25, 0.3) is 0 Å². The molecule has 0 aromatic carbocycles. The first-order valence-corrected chi connectivity index (χ1v) is 32.4. The SMILES string of the molecule is CCCCCCCCCCC/C=C\C/C=C\CCCCCCCCCCCCCCCCCC(=O)NC(COC1OC(CO)C(O)C(O)C1O)C(O)/C=C/CC/C=C/CCCCCCCCCCCCCCCCC. The number of amides is 1. The van der Waals surface area contributed by atoms with Gasteiger partial charge in [0.25, 0.3) is 0 Å². The molecule has 440 valence electrons. The van der Waals surface area contributed by atoms with Gasteiger partial charge in [-0.2, -0.15) is 0 Å². The highest BCUT2D eigenvalue weighted by molar-refractivity contribution is 5.76. The minimum atomic E-state index is -1.57. The highest BCUT2D eigenvalue weighted by atomic mass is 16.7. The van der Waals surface area contributed by atoms with E-state index < -0.39 is 49.5 Å². The number of nitrogens with one attached hydrogen (secondary N) is 1. The predicted octanol–water partition coefficient (Wildman–Crippen LogP) is 16.9. The Morgan fingerprint density at radius 1 is 0.453 bits per heavy atom. The van der Waals surface area contributed by atoms with Gasteiger partial charge in [-0.3, -0.25) is 4.79 Å². The van der Waals surface area contributed by atoms with Crippen LogP contribution >= 0.6 is 0 Å². The van der Waals surface area contributed by atoms with E-state index in [1.165, 1.54) is 244 Å². The molecule has 9 nitrogen and oxygen atoms in total. The van der Waals surface area contributed by atoms with E-state index in [4.69, 9.17) is 9.47 Å². The van der Waals surface area contributed by atoms with Gasteiger partial charge in [0.05, 0.1) is 25.4 Å². The van der Waals surface area contributed by atoms with Crippen LogP contribution < -0.4 is 5.32 Å². The smallest absolute Gasteiger partial charge is 0.220 e. The van der Waals surface area contributed by atoms with Crippen LogP contribution in [0.1, 0.15) is 309 Å². The van der Waals surface area contributed by atoms with Crippen molar-refractivity contribution < 1.29 is 39.8 Å². The minimum Gasteiger partial charge on any atom is -0.394 e. The largest absolute Gasteiger partial charge is 0.394 e. The molecule has 6 N–H and O–H groups in total. The molecule has 1 fully saturated rings. The molecule has 7 atom stereocenters.